The highest BCUT2D eigenvalue weighted by Crippen LogP contribution is 2.21. The molecule has 3 nitrogen and oxygen atoms in total. The summed E-state index contributed by atoms with van der Waals surface area (Å²) in [6.07, 6.45) is 7.18. The molecule has 0 saturated heterocycles. The first-order chi connectivity index (χ1) is 9.18. The number of carbonyl (C=O) groups is 1. The fourth-order valence-electron chi connectivity index (χ4n) is 2.44. The number of likely N-dealkylation sites (N-methyl/N-ethyl adjacent to an activating group) is 1. The van der Waals surface area contributed by atoms with Gasteiger partial charge < -0.3 is 10.2 Å². The van der Waals surface area contributed by atoms with E-state index in [9.17, 15) is 4.79 Å². The van der Waals surface area contributed by atoms with Gasteiger partial charge in [0, 0.05) is 12.5 Å². The first kappa shape index (κ1) is 14.3. The molecule has 1 aliphatic carbocycles. The maximum atomic E-state index is 12.1. The molecule has 19 heavy (non-hydrogen) atoms. The van der Waals surface area contributed by atoms with Crippen LogP contribution in [-0.4, -0.2) is 31.4 Å². The average molecular weight is 278 g/mol. The molecule has 1 amide bonds. The van der Waals surface area contributed by atoms with E-state index in [2.05, 4.69) is 53.3 Å². The number of allylic oxidation sites excluding steroid dienone is 2. The van der Waals surface area contributed by atoms with Crippen LogP contribution in [0.5, 0.6) is 0 Å². The summed E-state index contributed by atoms with van der Waals surface area (Å²) in [4.78, 5) is 14.3. The Bertz CT molecular complexity index is 425. The third-order valence-corrected chi connectivity index (χ3v) is 4.36. The first-order valence-corrected chi connectivity index (χ1v) is 7.74. The molecule has 1 heterocycles. The van der Waals surface area contributed by atoms with Crippen molar-refractivity contribution in [1.82, 2.24) is 10.2 Å². The summed E-state index contributed by atoms with van der Waals surface area (Å²) in [7, 11) is 4.11. The molecule has 1 aromatic heterocycles. The van der Waals surface area contributed by atoms with Crippen LogP contribution in [0.4, 0.5) is 0 Å². The van der Waals surface area contributed by atoms with Gasteiger partial charge in [0.25, 0.3) is 0 Å². The lowest BCUT2D eigenvalue weighted by Crippen LogP contribution is -2.37. The van der Waals surface area contributed by atoms with Gasteiger partial charge in [0.05, 0.1) is 6.04 Å². The summed E-state index contributed by atoms with van der Waals surface area (Å²) in [6.45, 7) is 0.683. The quantitative estimate of drug-likeness (QED) is 0.840. The second-order valence-electron chi connectivity index (χ2n) is 5.26. The number of thiophene rings is 1. The maximum Gasteiger partial charge on any atom is 0.223 e. The van der Waals surface area contributed by atoms with E-state index < -0.39 is 0 Å². The SMILES string of the molecule is CN(C)[C@@H](CNC(=O)[C@H]1CC=CCC1)c1ccsc1. The number of amides is 1. The van der Waals surface area contributed by atoms with E-state index in [-0.39, 0.29) is 17.9 Å². The van der Waals surface area contributed by atoms with Crippen molar-refractivity contribution in [1.29, 1.82) is 0 Å². The monoisotopic (exact) mass is 278 g/mol. The van der Waals surface area contributed by atoms with Crippen molar-refractivity contribution in [2.75, 3.05) is 20.6 Å². The third kappa shape index (κ3) is 3.91. The van der Waals surface area contributed by atoms with E-state index in [1.807, 2.05) is 0 Å². The summed E-state index contributed by atoms with van der Waals surface area (Å²) in [6, 6.07) is 2.39. The molecular formula is C15H22N2OS. The number of rotatable bonds is 5. The van der Waals surface area contributed by atoms with Crippen LogP contribution in [0.25, 0.3) is 0 Å². The van der Waals surface area contributed by atoms with E-state index in [1.165, 1.54) is 5.56 Å². The predicted molar refractivity (Wildman–Crippen MR) is 80.2 cm³/mol. The van der Waals surface area contributed by atoms with Crippen LogP contribution in [0.1, 0.15) is 30.9 Å². The molecule has 0 aliphatic heterocycles. The summed E-state index contributed by atoms with van der Waals surface area (Å²) < 4.78 is 0. The van der Waals surface area contributed by atoms with Gasteiger partial charge in [0.2, 0.25) is 5.91 Å². The van der Waals surface area contributed by atoms with Gasteiger partial charge in [-0.3, -0.25) is 4.79 Å². The fourth-order valence-corrected chi connectivity index (χ4v) is 3.14. The van der Waals surface area contributed by atoms with E-state index in [4.69, 9.17) is 0 Å². The van der Waals surface area contributed by atoms with Gasteiger partial charge in [-0.25, -0.2) is 0 Å². The molecule has 2 rings (SSSR count). The molecule has 0 radical (unpaired) electrons. The highest BCUT2D eigenvalue weighted by molar-refractivity contribution is 7.07. The molecule has 1 N–H and O–H groups in total. The Hall–Kier alpha value is -1.13. The lowest BCUT2D eigenvalue weighted by molar-refractivity contribution is -0.125. The Balaban J connectivity index is 1.88. The zero-order valence-corrected chi connectivity index (χ0v) is 12.5. The van der Waals surface area contributed by atoms with Crippen molar-refractivity contribution >= 4 is 17.2 Å². The first-order valence-electron chi connectivity index (χ1n) is 6.79. The molecular weight excluding hydrogens is 256 g/mol. The Labute approximate surface area is 119 Å². The van der Waals surface area contributed by atoms with Gasteiger partial charge in [0.15, 0.2) is 0 Å². The van der Waals surface area contributed by atoms with Crippen LogP contribution in [0.3, 0.4) is 0 Å². The number of carbonyl (C=O) groups excluding carboxylic acids is 1. The molecule has 0 bridgehead atoms. The van der Waals surface area contributed by atoms with Gasteiger partial charge in [0.1, 0.15) is 0 Å². The predicted octanol–water partition coefficient (Wildman–Crippen LogP) is 2.82. The normalized spacial score (nSPS) is 20.5. The van der Waals surface area contributed by atoms with Gasteiger partial charge in [-0.2, -0.15) is 11.3 Å². The molecule has 104 valence electrons. The number of hydrogen-bond acceptors (Lipinski definition) is 3. The summed E-state index contributed by atoms with van der Waals surface area (Å²) >= 11 is 1.70. The molecule has 0 unspecified atom stereocenters. The molecule has 0 saturated carbocycles. The molecule has 1 aliphatic rings. The van der Waals surface area contributed by atoms with E-state index in [1.54, 1.807) is 11.3 Å². The molecule has 2 atom stereocenters. The minimum Gasteiger partial charge on any atom is -0.354 e. The summed E-state index contributed by atoms with van der Waals surface area (Å²) in [5.74, 6) is 0.363. The zero-order chi connectivity index (χ0) is 13.7. The van der Waals surface area contributed by atoms with Crippen molar-refractivity contribution in [3.05, 3.63) is 34.5 Å². The topological polar surface area (TPSA) is 32.3 Å². The Morgan fingerprint density at radius 1 is 1.53 bits per heavy atom. The van der Waals surface area contributed by atoms with Crippen molar-refractivity contribution in [3.8, 4) is 0 Å². The van der Waals surface area contributed by atoms with Crippen LogP contribution in [-0.2, 0) is 4.79 Å². The minimum absolute atomic E-state index is 0.162. The van der Waals surface area contributed by atoms with Gasteiger partial charge in [-0.05, 0) is 55.7 Å². The van der Waals surface area contributed by atoms with Crippen LogP contribution >= 0.6 is 11.3 Å². The Morgan fingerprint density at radius 2 is 2.37 bits per heavy atom. The minimum atomic E-state index is 0.162. The van der Waals surface area contributed by atoms with Crippen molar-refractivity contribution in [2.24, 2.45) is 5.92 Å². The highest BCUT2D eigenvalue weighted by atomic mass is 32.1. The zero-order valence-electron chi connectivity index (χ0n) is 11.6. The number of nitrogens with one attached hydrogen (secondary N) is 1. The van der Waals surface area contributed by atoms with Crippen molar-refractivity contribution in [3.63, 3.8) is 0 Å². The largest absolute Gasteiger partial charge is 0.354 e. The summed E-state index contributed by atoms with van der Waals surface area (Å²) in [5, 5.41) is 7.35. The van der Waals surface area contributed by atoms with Gasteiger partial charge in [-0.1, -0.05) is 12.2 Å². The number of hydrogen-bond donors (Lipinski definition) is 1. The van der Waals surface area contributed by atoms with Crippen LogP contribution in [0.15, 0.2) is 29.0 Å². The van der Waals surface area contributed by atoms with E-state index in [0.717, 1.165) is 19.3 Å². The van der Waals surface area contributed by atoms with Crippen LogP contribution in [0.2, 0.25) is 0 Å². The highest BCUT2D eigenvalue weighted by Gasteiger charge is 2.21. The average Bonchev–Trinajstić information content (AvgIpc) is 2.93. The Morgan fingerprint density at radius 3 is 2.95 bits per heavy atom. The Kier molecular flexibility index (Phi) is 5.16. The second kappa shape index (κ2) is 6.87. The van der Waals surface area contributed by atoms with E-state index >= 15 is 0 Å². The standard InChI is InChI=1S/C15H22N2OS/c1-17(2)14(13-8-9-19-11-13)10-16-15(18)12-6-4-3-5-7-12/h3-4,8-9,11-12,14H,5-7,10H2,1-2H3,(H,16,18)/t12-,14-/m0/s1. The van der Waals surface area contributed by atoms with Crippen molar-refractivity contribution in [2.45, 2.75) is 25.3 Å². The lowest BCUT2D eigenvalue weighted by atomic mass is 9.93. The van der Waals surface area contributed by atoms with E-state index in [0.29, 0.717) is 6.54 Å². The molecule has 0 aromatic carbocycles. The fraction of sp³-hybridized carbons (Fsp3) is 0.533. The smallest absolute Gasteiger partial charge is 0.223 e. The van der Waals surface area contributed by atoms with Crippen LogP contribution < -0.4 is 5.32 Å². The third-order valence-electron chi connectivity index (χ3n) is 3.66. The van der Waals surface area contributed by atoms with Gasteiger partial charge >= 0.3 is 0 Å². The maximum absolute atomic E-state index is 12.1. The van der Waals surface area contributed by atoms with Crippen LogP contribution in [0, 0.1) is 5.92 Å². The van der Waals surface area contributed by atoms with Crippen molar-refractivity contribution < 1.29 is 4.79 Å². The molecule has 0 spiro atoms. The summed E-state index contributed by atoms with van der Waals surface area (Å²) in [5.41, 5.74) is 1.28. The van der Waals surface area contributed by atoms with Gasteiger partial charge in [-0.15, -0.1) is 0 Å². The lowest BCUT2D eigenvalue weighted by Gasteiger charge is -2.25. The molecule has 4 heteroatoms. The number of nitrogens with zero attached hydrogens (tertiary/aromatic N) is 1. The second-order valence-corrected chi connectivity index (χ2v) is 6.04. The molecule has 1 aromatic rings. The molecule has 0 fully saturated rings.